The molecule has 0 aromatic carbocycles. The Morgan fingerprint density at radius 2 is 2.19 bits per heavy atom. The van der Waals surface area contributed by atoms with Crippen molar-refractivity contribution in [2.24, 2.45) is 0 Å². The molecule has 1 fully saturated rings. The van der Waals surface area contributed by atoms with Crippen LogP contribution in [-0.2, 0) is 6.54 Å². The normalized spacial score (nSPS) is 19.8. The minimum Gasteiger partial charge on any atom is -0.311 e. The SMILES string of the molecule is CSC1(CNCc2ccsc2)CCCCC1. The van der Waals surface area contributed by atoms with Gasteiger partial charge in [-0.15, -0.1) is 0 Å². The first kappa shape index (κ1) is 12.5. The van der Waals surface area contributed by atoms with E-state index in [1.54, 1.807) is 11.3 Å². The zero-order valence-corrected chi connectivity index (χ0v) is 11.6. The van der Waals surface area contributed by atoms with Gasteiger partial charge in [-0.3, -0.25) is 0 Å². The second-order valence-corrected chi connectivity index (χ2v) is 6.74. The molecule has 1 aromatic heterocycles. The van der Waals surface area contributed by atoms with Gasteiger partial charge in [0.15, 0.2) is 0 Å². The second kappa shape index (κ2) is 6.08. The van der Waals surface area contributed by atoms with Crippen molar-refractivity contribution < 1.29 is 0 Å². The van der Waals surface area contributed by atoms with Crippen LogP contribution in [0.2, 0.25) is 0 Å². The minimum atomic E-state index is 0.522. The van der Waals surface area contributed by atoms with E-state index in [0.29, 0.717) is 4.75 Å². The van der Waals surface area contributed by atoms with Crippen molar-refractivity contribution in [1.29, 1.82) is 0 Å². The van der Waals surface area contributed by atoms with Gasteiger partial charge in [-0.2, -0.15) is 23.1 Å². The van der Waals surface area contributed by atoms with Crippen LogP contribution in [-0.4, -0.2) is 17.5 Å². The molecule has 1 N–H and O–H groups in total. The van der Waals surface area contributed by atoms with E-state index in [0.717, 1.165) is 6.54 Å². The average molecular weight is 255 g/mol. The summed E-state index contributed by atoms with van der Waals surface area (Å²) in [7, 11) is 0. The van der Waals surface area contributed by atoms with Crippen LogP contribution in [0.1, 0.15) is 37.7 Å². The smallest absolute Gasteiger partial charge is 0.0281 e. The monoisotopic (exact) mass is 255 g/mol. The van der Waals surface area contributed by atoms with Gasteiger partial charge in [-0.25, -0.2) is 0 Å². The Kier molecular flexibility index (Phi) is 4.74. The lowest BCUT2D eigenvalue weighted by Crippen LogP contribution is -2.39. The molecular weight excluding hydrogens is 234 g/mol. The topological polar surface area (TPSA) is 12.0 Å². The standard InChI is InChI=1S/C13H21NS2/c1-15-13(6-3-2-4-7-13)11-14-9-12-5-8-16-10-12/h5,8,10,14H,2-4,6-7,9,11H2,1H3. The van der Waals surface area contributed by atoms with Crippen molar-refractivity contribution in [3.8, 4) is 0 Å². The van der Waals surface area contributed by atoms with Crippen LogP contribution in [0.5, 0.6) is 0 Å². The largest absolute Gasteiger partial charge is 0.311 e. The van der Waals surface area contributed by atoms with Crippen LogP contribution in [0, 0.1) is 0 Å². The molecule has 0 saturated heterocycles. The van der Waals surface area contributed by atoms with E-state index < -0.39 is 0 Å². The molecule has 0 radical (unpaired) electrons. The Bertz CT molecular complexity index is 289. The summed E-state index contributed by atoms with van der Waals surface area (Å²) < 4.78 is 0.522. The van der Waals surface area contributed by atoms with Gasteiger partial charge >= 0.3 is 0 Å². The fourth-order valence-corrected chi connectivity index (χ4v) is 4.09. The summed E-state index contributed by atoms with van der Waals surface area (Å²) in [4.78, 5) is 0. The quantitative estimate of drug-likeness (QED) is 0.856. The molecule has 0 aliphatic heterocycles. The van der Waals surface area contributed by atoms with Crippen molar-refractivity contribution in [2.75, 3.05) is 12.8 Å². The first-order valence-electron chi connectivity index (χ1n) is 6.12. The summed E-state index contributed by atoms with van der Waals surface area (Å²) in [6.45, 7) is 2.20. The van der Waals surface area contributed by atoms with E-state index >= 15 is 0 Å². The zero-order valence-electron chi connectivity index (χ0n) is 10.00. The maximum atomic E-state index is 3.64. The van der Waals surface area contributed by atoms with Crippen LogP contribution in [0.15, 0.2) is 16.8 Å². The molecule has 90 valence electrons. The summed E-state index contributed by atoms with van der Waals surface area (Å²) in [6.07, 6.45) is 9.34. The number of rotatable bonds is 5. The van der Waals surface area contributed by atoms with Crippen LogP contribution >= 0.6 is 23.1 Å². The van der Waals surface area contributed by atoms with E-state index in [-0.39, 0.29) is 0 Å². The van der Waals surface area contributed by atoms with Crippen molar-refractivity contribution >= 4 is 23.1 Å². The number of nitrogens with one attached hydrogen (secondary N) is 1. The lowest BCUT2D eigenvalue weighted by molar-refractivity contribution is 0.379. The molecule has 16 heavy (non-hydrogen) atoms. The van der Waals surface area contributed by atoms with E-state index in [4.69, 9.17) is 0 Å². The molecule has 3 heteroatoms. The molecule has 1 aliphatic rings. The van der Waals surface area contributed by atoms with Crippen LogP contribution in [0.25, 0.3) is 0 Å². The Balaban J connectivity index is 1.78. The molecule has 0 atom stereocenters. The van der Waals surface area contributed by atoms with E-state index in [1.165, 1.54) is 44.2 Å². The zero-order chi connectivity index (χ0) is 11.3. The highest BCUT2D eigenvalue weighted by molar-refractivity contribution is 8.00. The third-order valence-electron chi connectivity index (χ3n) is 3.55. The minimum absolute atomic E-state index is 0.522. The van der Waals surface area contributed by atoms with Gasteiger partial charge in [-0.05, 0) is 41.5 Å². The molecule has 0 spiro atoms. The summed E-state index contributed by atoms with van der Waals surface area (Å²) in [5, 5.41) is 8.03. The molecule has 1 aromatic rings. The maximum absolute atomic E-state index is 3.64. The molecule has 1 heterocycles. The summed E-state index contributed by atoms with van der Waals surface area (Å²) >= 11 is 3.86. The fraction of sp³-hybridized carbons (Fsp3) is 0.692. The van der Waals surface area contributed by atoms with E-state index in [2.05, 4.69) is 40.2 Å². The molecule has 0 unspecified atom stereocenters. The van der Waals surface area contributed by atoms with Gasteiger partial charge in [-0.1, -0.05) is 19.3 Å². The van der Waals surface area contributed by atoms with Gasteiger partial charge < -0.3 is 5.32 Å². The Morgan fingerprint density at radius 1 is 1.38 bits per heavy atom. The van der Waals surface area contributed by atoms with Gasteiger partial charge in [0.05, 0.1) is 0 Å². The van der Waals surface area contributed by atoms with Crippen LogP contribution in [0.4, 0.5) is 0 Å². The maximum Gasteiger partial charge on any atom is 0.0281 e. The Hall–Kier alpha value is 0.01000. The molecule has 1 saturated carbocycles. The van der Waals surface area contributed by atoms with E-state index in [9.17, 15) is 0 Å². The Labute approximate surface area is 107 Å². The number of thiophene rings is 1. The molecule has 1 nitrogen and oxygen atoms in total. The third kappa shape index (κ3) is 3.25. The predicted octanol–water partition coefficient (Wildman–Crippen LogP) is 3.90. The predicted molar refractivity (Wildman–Crippen MR) is 75.4 cm³/mol. The van der Waals surface area contributed by atoms with Gasteiger partial charge in [0.25, 0.3) is 0 Å². The third-order valence-corrected chi connectivity index (χ3v) is 5.70. The Morgan fingerprint density at radius 3 is 2.81 bits per heavy atom. The number of thioether (sulfide) groups is 1. The highest BCUT2D eigenvalue weighted by Crippen LogP contribution is 2.37. The second-order valence-electron chi connectivity index (χ2n) is 4.68. The summed E-state index contributed by atoms with van der Waals surface area (Å²) in [5.74, 6) is 0. The molecule has 0 bridgehead atoms. The van der Waals surface area contributed by atoms with E-state index in [1.807, 2.05) is 0 Å². The van der Waals surface area contributed by atoms with Gasteiger partial charge in [0.1, 0.15) is 0 Å². The van der Waals surface area contributed by atoms with Crippen molar-refractivity contribution in [1.82, 2.24) is 5.32 Å². The van der Waals surface area contributed by atoms with Gasteiger partial charge in [0.2, 0.25) is 0 Å². The highest BCUT2D eigenvalue weighted by Gasteiger charge is 2.30. The van der Waals surface area contributed by atoms with Crippen LogP contribution < -0.4 is 5.32 Å². The molecule has 0 amide bonds. The number of hydrogen-bond acceptors (Lipinski definition) is 3. The summed E-state index contributed by atoms with van der Waals surface area (Å²) in [5.41, 5.74) is 1.43. The highest BCUT2D eigenvalue weighted by atomic mass is 32.2. The van der Waals surface area contributed by atoms with Crippen molar-refractivity contribution in [2.45, 2.75) is 43.4 Å². The fourth-order valence-electron chi connectivity index (χ4n) is 2.48. The van der Waals surface area contributed by atoms with Crippen LogP contribution in [0.3, 0.4) is 0 Å². The molecule has 1 aliphatic carbocycles. The molecule has 2 rings (SSSR count). The average Bonchev–Trinajstić information content (AvgIpc) is 2.83. The number of hydrogen-bond donors (Lipinski definition) is 1. The molecular formula is C13H21NS2. The van der Waals surface area contributed by atoms with Crippen molar-refractivity contribution in [3.05, 3.63) is 22.4 Å². The lowest BCUT2D eigenvalue weighted by atomic mass is 9.88. The summed E-state index contributed by atoms with van der Waals surface area (Å²) in [6, 6.07) is 2.21. The lowest BCUT2D eigenvalue weighted by Gasteiger charge is -2.36. The first-order valence-corrected chi connectivity index (χ1v) is 8.28. The van der Waals surface area contributed by atoms with Crippen molar-refractivity contribution in [3.63, 3.8) is 0 Å². The first-order chi connectivity index (χ1) is 7.85. The van der Waals surface area contributed by atoms with Gasteiger partial charge in [0, 0.05) is 17.8 Å².